The SMILES string of the molecule is CC(=O)O[C@H](C)n1cnc([N+](=O)[O-])c1. The molecule has 0 amide bonds. The number of ether oxygens (including phenoxy) is 1. The Morgan fingerprint density at radius 2 is 2.43 bits per heavy atom. The van der Waals surface area contributed by atoms with E-state index in [1.807, 2.05) is 0 Å². The number of nitro groups is 1. The van der Waals surface area contributed by atoms with E-state index < -0.39 is 17.1 Å². The average Bonchev–Trinajstić information content (AvgIpc) is 2.50. The lowest BCUT2D eigenvalue weighted by atomic mass is 10.6. The molecule has 76 valence electrons. The Bertz CT molecular complexity index is 360. The zero-order valence-corrected chi connectivity index (χ0v) is 7.71. The zero-order valence-electron chi connectivity index (χ0n) is 7.71. The number of nitrogens with zero attached hydrogens (tertiary/aromatic N) is 3. The Morgan fingerprint density at radius 3 is 2.86 bits per heavy atom. The quantitative estimate of drug-likeness (QED) is 0.409. The third kappa shape index (κ3) is 2.28. The molecule has 0 aliphatic carbocycles. The lowest BCUT2D eigenvalue weighted by molar-refractivity contribution is -0.389. The van der Waals surface area contributed by atoms with Gasteiger partial charge in [0, 0.05) is 6.92 Å². The highest BCUT2D eigenvalue weighted by atomic mass is 16.6. The molecule has 1 aromatic rings. The first-order chi connectivity index (χ1) is 6.50. The van der Waals surface area contributed by atoms with Crippen LogP contribution in [-0.2, 0) is 9.53 Å². The summed E-state index contributed by atoms with van der Waals surface area (Å²) in [5, 5.41) is 10.3. The first-order valence-electron chi connectivity index (χ1n) is 3.86. The van der Waals surface area contributed by atoms with Crippen LogP contribution in [0.4, 0.5) is 5.82 Å². The van der Waals surface area contributed by atoms with E-state index in [0.717, 1.165) is 0 Å². The monoisotopic (exact) mass is 199 g/mol. The van der Waals surface area contributed by atoms with E-state index in [1.54, 1.807) is 6.92 Å². The largest absolute Gasteiger partial charge is 0.442 e. The van der Waals surface area contributed by atoms with E-state index in [2.05, 4.69) is 4.98 Å². The predicted molar refractivity (Wildman–Crippen MR) is 45.4 cm³/mol. The van der Waals surface area contributed by atoms with Crippen molar-refractivity contribution in [2.24, 2.45) is 0 Å². The minimum atomic E-state index is -0.614. The van der Waals surface area contributed by atoms with Gasteiger partial charge in [0.2, 0.25) is 6.33 Å². The second-order valence-corrected chi connectivity index (χ2v) is 2.64. The topological polar surface area (TPSA) is 87.3 Å². The fourth-order valence-corrected chi connectivity index (χ4v) is 0.920. The van der Waals surface area contributed by atoms with Crippen molar-refractivity contribution in [1.29, 1.82) is 0 Å². The van der Waals surface area contributed by atoms with E-state index in [1.165, 1.54) is 24.0 Å². The molecule has 0 radical (unpaired) electrons. The molecule has 0 aromatic carbocycles. The number of carbonyl (C=O) groups is 1. The lowest BCUT2D eigenvalue weighted by Crippen LogP contribution is -2.10. The zero-order chi connectivity index (χ0) is 10.7. The lowest BCUT2D eigenvalue weighted by Gasteiger charge is -2.10. The van der Waals surface area contributed by atoms with Crippen LogP contribution in [0.25, 0.3) is 0 Å². The van der Waals surface area contributed by atoms with E-state index in [9.17, 15) is 14.9 Å². The van der Waals surface area contributed by atoms with Crippen LogP contribution in [0.15, 0.2) is 12.5 Å². The maximum absolute atomic E-state index is 10.6. The third-order valence-corrected chi connectivity index (χ3v) is 1.53. The van der Waals surface area contributed by atoms with Gasteiger partial charge in [-0.2, -0.15) is 0 Å². The molecule has 0 aliphatic heterocycles. The Morgan fingerprint density at radius 1 is 1.79 bits per heavy atom. The molecule has 1 heterocycles. The minimum Gasteiger partial charge on any atom is -0.442 e. The summed E-state index contributed by atoms with van der Waals surface area (Å²) in [4.78, 5) is 23.8. The molecule has 7 heteroatoms. The molecule has 7 nitrogen and oxygen atoms in total. The third-order valence-electron chi connectivity index (χ3n) is 1.53. The average molecular weight is 199 g/mol. The van der Waals surface area contributed by atoms with E-state index in [4.69, 9.17) is 4.74 Å². The van der Waals surface area contributed by atoms with Gasteiger partial charge in [-0.3, -0.25) is 9.36 Å². The second kappa shape index (κ2) is 3.86. The van der Waals surface area contributed by atoms with Gasteiger partial charge >= 0.3 is 11.8 Å². The summed E-state index contributed by atoms with van der Waals surface area (Å²) >= 11 is 0. The van der Waals surface area contributed by atoms with Crippen molar-refractivity contribution < 1.29 is 14.5 Å². The van der Waals surface area contributed by atoms with Crippen molar-refractivity contribution in [3.05, 3.63) is 22.6 Å². The summed E-state index contributed by atoms with van der Waals surface area (Å²) in [7, 11) is 0. The second-order valence-electron chi connectivity index (χ2n) is 2.64. The summed E-state index contributed by atoms with van der Waals surface area (Å²) in [6, 6.07) is 0. The molecule has 0 saturated heterocycles. The van der Waals surface area contributed by atoms with Gasteiger partial charge in [0.25, 0.3) is 0 Å². The number of carbonyl (C=O) groups excluding carboxylic acids is 1. The van der Waals surface area contributed by atoms with Crippen molar-refractivity contribution in [2.75, 3.05) is 0 Å². The summed E-state index contributed by atoms with van der Waals surface area (Å²) in [6.45, 7) is 2.86. The molecule has 0 N–H and O–H groups in total. The fourth-order valence-electron chi connectivity index (χ4n) is 0.920. The van der Waals surface area contributed by atoms with Crippen molar-refractivity contribution in [3.8, 4) is 0 Å². The number of esters is 1. The molecule has 0 unspecified atom stereocenters. The van der Waals surface area contributed by atoms with Gasteiger partial charge in [0.05, 0.1) is 0 Å². The van der Waals surface area contributed by atoms with Crippen molar-refractivity contribution in [2.45, 2.75) is 20.1 Å². The highest BCUT2D eigenvalue weighted by Gasteiger charge is 2.14. The minimum absolute atomic E-state index is 0.274. The van der Waals surface area contributed by atoms with Crippen LogP contribution in [0.3, 0.4) is 0 Å². The fraction of sp³-hybridized carbons (Fsp3) is 0.429. The molecule has 0 fully saturated rings. The number of imidazole rings is 1. The molecule has 0 saturated carbocycles. The molecule has 1 rings (SSSR count). The van der Waals surface area contributed by atoms with Crippen molar-refractivity contribution in [3.63, 3.8) is 0 Å². The van der Waals surface area contributed by atoms with Gasteiger partial charge in [-0.1, -0.05) is 0 Å². The van der Waals surface area contributed by atoms with Crippen LogP contribution in [0.2, 0.25) is 0 Å². The smallest absolute Gasteiger partial charge is 0.381 e. The Labute approximate surface area is 79.5 Å². The highest BCUT2D eigenvalue weighted by molar-refractivity contribution is 5.65. The molecule has 0 aliphatic rings. The molecule has 0 bridgehead atoms. The van der Waals surface area contributed by atoms with Crippen molar-refractivity contribution >= 4 is 11.8 Å². The van der Waals surface area contributed by atoms with Crippen LogP contribution in [0, 0.1) is 10.1 Å². The van der Waals surface area contributed by atoms with E-state index in [0.29, 0.717) is 0 Å². The van der Waals surface area contributed by atoms with Crippen LogP contribution < -0.4 is 0 Å². The van der Waals surface area contributed by atoms with Crippen LogP contribution in [0.5, 0.6) is 0 Å². The molecule has 1 aromatic heterocycles. The van der Waals surface area contributed by atoms with E-state index in [-0.39, 0.29) is 5.82 Å². The Balaban J connectivity index is 2.76. The highest BCUT2D eigenvalue weighted by Crippen LogP contribution is 2.12. The Hall–Kier alpha value is -1.92. The first kappa shape index (κ1) is 10.2. The Kier molecular flexibility index (Phi) is 2.80. The molecule has 0 spiro atoms. The van der Waals surface area contributed by atoms with Gasteiger partial charge in [-0.05, 0) is 16.8 Å². The predicted octanol–water partition coefficient (Wildman–Crippen LogP) is 0.873. The van der Waals surface area contributed by atoms with E-state index >= 15 is 0 Å². The maximum Gasteiger partial charge on any atom is 0.381 e. The van der Waals surface area contributed by atoms with Gasteiger partial charge in [-0.25, -0.2) is 0 Å². The van der Waals surface area contributed by atoms with Crippen LogP contribution in [-0.4, -0.2) is 20.4 Å². The van der Waals surface area contributed by atoms with Gasteiger partial charge in [0.1, 0.15) is 6.20 Å². The van der Waals surface area contributed by atoms with Gasteiger partial charge < -0.3 is 14.9 Å². The van der Waals surface area contributed by atoms with Gasteiger partial charge in [-0.15, -0.1) is 0 Å². The maximum atomic E-state index is 10.6. The molecular weight excluding hydrogens is 190 g/mol. The number of rotatable bonds is 3. The summed E-state index contributed by atoms with van der Waals surface area (Å²) in [5.74, 6) is -0.724. The van der Waals surface area contributed by atoms with Crippen molar-refractivity contribution in [1.82, 2.24) is 9.55 Å². The number of hydrogen-bond donors (Lipinski definition) is 0. The number of hydrogen-bond acceptors (Lipinski definition) is 5. The first-order valence-corrected chi connectivity index (χ1v) is 3.86. The summed E-state index contributed by atoms with van der Waals surface area (Å²) in [6.07, 6.45) is 1.85. The summed E-state index contributed by atoms with van der Waals surface area (Å²) in [5.41, 5.74) is 0. The molecule has 1 atom stereocenters. The van der Waals surface area contributed by atoms with Gasteiger partial charge in [0.15, 0.2) is 6.23 Å². The standard InChI is InChI=1S/C7H9N3O4/c1-5(14-6(2)11)9-3-7(8-4-9)10(12)13/h3-5H,1-2H3/t5-/m1/s1. The number of aromatic nitrogens is 2. The molecule has 14 heavy (non-hydrogen) atoms. The molecular formula is C7H9N3O4. The van der Waals surface area contributed by atoms with Crippen LogP contribution >= 0.6 is 0 Å². The van der Waals surface area contributed by atoms with Crippen LogP contribution in [0.1, 0.15) is 20.1 Å². The normalized spacial score (nSPS) is 12.1. The summed E-state index contributed by atoms with van der Waals surface area (Å²) < 4.78 is 6.14.